The van der Waals surface area contributed by atoms with Gasteiger partial charge in [0.1, 0.15) is 11.6 Å². The molecule has 0 fully saturated rings. The number of fused-ring (bicyclic) bond motifs is 1. The van der Waals surface area contributed by atoms with Crippen molar-refractivity contribution in [2.24, 2.45) is 0 Å². The Kier molecular flexibility index (Phi) is 6.43. The summed E-state index contributed by atoms with van der Waals surface area (Å²) >= 11 is 0. The number of nitrogen functional groups attached to an aromatic ring is 2. The highest BCUT2D eigenvalue weighted by Gasteiger charge is 2.28. The van der Waals surface area contributed by atoms with Crippen LogP contribution in [0.25, 0.3) is 22.0 Å². The Bertz CT molecular complexity index is 1600. The smallest absolute Gasteiger partial charge is 0.222 e. The molecule has 0 aliphatic carbocycles. The van der Waals surface area contributed by atoms with Crippen LogP contribution in [0, 0.1) is 11.8 Å². The van der Waals surface area contributed by atoms with Crippen molar-refractivity contribution in [3.05, 3.63) is 95.3 Å². The predicted molar refractivity (Wildman–Crippen MR) is 140 cm³/mol. The zero-order valence-corrected chi connectivity index (χ0v) is 20.4. The summed E-state index contributed by atoms with van der Waals surface area (Å²) in [5.74, 6) is -1.18. The molecule has 3 aromatic heterocycles. The summed E-state index contributed by atoms with van der Waals surface area (Å²) in [6, 6.07) is 13.8. The minimum atomic E-state index is -0.799. The van der Waals surface area contributed by atoms with Crippen molar-refractivity contribution in [2.45, 2.75) is 26.2 Å². The maximum absolute atomic E-state index is 16.0. The van der Waals surface area contributed by atoms with E-state index in [2.05, 4.69) is 19.9 Å². The average molecular weight is 501 g/mol. The number of aryl methyl sites for hydroxylation is 1. The van der Waals surface area contributed by atoms with Gasteiger partial charge in [0, 0.05) is 22.8 Å². The summed E-state index contributed by atoms with van der Waals surface area (Å²) in [5, 5.41) is 1.49. The first kappa shape index (κ1) is 24.2. The number of nitrogens with zero attached hydrogens (tertiary/aromatic N) is 3. The van der Waals surface area contributed by atoms with E-state index in [9.17, 15) is 4.39 Å². The van der Waals surface area contributed by atoms with Gasteiger partial charge in [0.05, 0.1) is 35.7 Å². The SMILES string of the molecule is CCOc1cc(CC)cc(C(c2cc3cc(N)ccc3c(N)n2)c2ncc(-c3cccnc3F)[nH]2)c1F. The first-order valence-corrected chi connectivity index (χ1v) is 12.0. The van der Waals surface area contributed by atoms with E-state index in [0.717, 1.165) is 16.3 Å². The zero-order valence-electron chi connectivity index (χ0n) is 20.4. The highest BCUT2D eigenvalue weighted by Crippen LogP contribution is 2.38. The number of pyridine rings is 2. The second-order valence-corrected chi connectivity index (χ2v) is 8.65. The molecule has 5 N–H and O–H groups in total. The zero-order chi connectivity index (χ0) is 26.1. The third-order valence-electron chi connectivity index (χ3n) is 6.26. The first-order chi connectivity index (χ1) is 17.9. The molecule has 5 aromatic rings. The number of halogens is 2. The summed E-state index contributed by atoms with van der Waals surface area (Å²) in [6.07, 6.45) is 3.53. The van der Waals surface area contributed by atoms with E-state index in [1.807, 2.05) is 13.0 Å². The van der Waals surface area contributed by atoms with E-state index >= 15 is 4.39 Å². The largest absolute Gasteiger partial charge is 0.491 e. The maximum Gasteiger partial charge on any atom is 0.222 e. The van der Waals surface area contributed by atoms with Gasteiger partial charge in [0.15, 0.2) is 11.6 Å². The van der Waals surface area contributed by atoms with Crippen molar-refractivity contribution < 1.29 is 13.5 Å². The van der Waals surface area contributed by atoms with Crippen LogP contribution in [0.1, 0.15) is 42.4 Å². The molecule has 0 radical (unpaired) electrons. The van der Waals surface area contributed by atoms with Gasteiger partial charge >= 0.3 is 0 Å². The molecular formula is C28H26F2N6O. The number of ether oxygens (including phenoxy) is 1. The molecule has 9 heteroatoms. The number of hydrogen-bond acceptors (Lipinski definition) is 6. The van der Waals surface area contributed by atoms with Gasteiger partial charge in [0.25, 0.3) is 0 Å². The van der Waals surface area contributed by atoms with Crippen molar-refractivity contribution in [1.82, 2.24) is 19.9 Å². The maximum atomic E-state index is 16.0. The number of nitrogens with two attached hydrogens (primary N) is 2. The third-order valence-corrected chi connectivity index (χ3v) is 6.26. The Balaban J connectivity index is 1.76. The van der Waals surface area contributed by atoms with E-state index < -0.39 is 17.7 Å². The minimum Gasteiger partial charge on any atom is -0.491 e. The summed E-state index contributed by atoms with van der Waals surface area (Å²) in [4.78, 5) is 16.0. The molecule has 188 valence electrons. The van der Waals surface area contributed by atoms with Gasteiger partial charge in [-0.1, -0.05) is 13.0 Å². The van der Waals surface area contributed by atoms with Gasteiger partial charge in [-0.25, -0.2) is 19.3 Å². The molecule has 0 saturated carbocycles. The van der Waals surface area contributed by atoms with Crippen molar-refractivity contribution in [3.8, 4) is 17.0 Å². The fourth-order valence-electron chi connectivity index (χ4n) is 4.48. The lowest BCUT2D eigenvalue weighted by molar-refractivity contribution is 0.319. The Morgan fingerprint density at radius 3 is 2.62 bits per heavy atom. The number of aromatic nitrogens is 4. The second-order valence-electron chi connectivity index (χ2n) is 8.65. The van der Waals surface area contributed by atoms with Gasteiger partial charge in [-0.3, -0.25) is 0 Å². The fraction of sp³-hybridized carbons (Fsp3) is 0.179. The Morgan fingerprint density at radius 2 is 1.86 bits per heavy atom. The molecule has 0 saturated heterocycles. The van der Waals surface area contributed by atoms with Crippen LogP contribution in [0.15, 0.2) is 60.9 Å². The highest BCUT2D eigenvalue weighted by molar-refractivity contribution is 5.93. The number of hydrogen-bond donors (Lipinski definition) is 3. The number of rotatable bonds is 7. The van der Waals surface area contributed by atoms with Crippen LogP contribution in [0.4, 0.5) is 20.3 Å². The predicted octanol–water partition coefficient (Wildman–Crippen LogP) is 5.60. The molecule has 0 aliphatic heterocycles. The van der Waals surface area contributed by atoms with Crippen LogP contribution >= 0.6 is 0 Å². The van der Waals surface area contributed by atoms with E-state index in [-0.39, 0.29) is 17.1 Å². The van der Waals surface area contributed by atoms with E-state index in [1.54, 1.807) is 49.4 Å². The van der Waals surface area contributed by atoms with Crippen LogP contribution in [0.3, 0.4) is 0 Å². The summed E-state index contributed by atoms with van der Waals surface area (Å²) in [6.45, 7) is 4.08. The van der Waals surface area contributed by atoms with Crippen molar-refractivity contribution in [3.63, 3.8) is 0 Å². The quantitative estimate of drug-likeness (QED) is 0.198. The molecular weight excluding hydrogens is 474 g/mol. The van der Waals surface area contributed by atoms with E-state index in [4.69, 9.17) is 16.2 Å². The fourth-order valence-corrected chi connectivity index (χ4v) is 4.48. The third kappa shape index (κ3) is 4.55. The molecule has 0 bridgehead atoms. The van der Waals surface area contributed by atoms with Crippen molar-refractivity contribution >= 4 is 22.3 Å². The van der Waals surface area contributed by atoms with Crippen molar-refractivity contribution in [1.29, 1.82) is 0 Å². The number of imidazole rings is 1. The lowest BCUT2D eigenvalue weighted by atomic mass is 9.90. The number of benzene rings is 2. The molecule has 0 amide bonds. The molecule has 5 rings (SSSR count). The monoisotopic (exact) mass is 500 g/mol. The molecule has 3 heterocycles. The minimum absolute atomic E-state index is 0.143. The van der Waals surface area contributed by atoms with Crippen molar-refractivity contribution in [2.75, 3.05) is 18.1 Å². The lowest BCUT2D eigenvalue weighted by Gasteiger charge is -2.20. The molecule has 2 aromatic carbocycles. The summed E-state index contributed by atoms with van der Waals surface area (Å²) in [5.41, 5.74) is 15.2. The average Bonchev–Trinajstić information content (AvgIpc) is 3.36. The Morgan fingerprint density at radius 1 is 1.03 bits per heavy atom. The van der Waals surface area contributed by atoms with Gasteiger partial charge in [-0.05, 0) is 66.8 Å². The normalized spacial score (nSPS) is 12.1. The lowest BCUT2D eigenvalue weighted by Crippen LogP contribution is -2.12. The Hall–Kier alpha value is -4.53. The van der Waals surface area contributed by atoms with Gasteiger partial charge in [-0.2, -0.15) is 4.39 Å². The summed E-state index contributed by atoms with van der Waals surface area (Å²) in [7, 11) is 0. The van der Waals surface area contributed by atoms with Crippen LogP contribution in [-0.2, 0) is 6.42 Å². The summed E-state index contributed by atoms with van der Waals surface area (Å²) < 4.78 is 36.0. The molecule has 7 nitrogen and oxygen atoms in total. The van der Waals surface area contributed by atoms with Crippen LogP contribution < -0.4 is 16.2 Å². The number of aromatic amines is 1. The molecule has 1 atom stereocenters. The van der Waals surface area contributed by atoms with Gasteiger partial charge in [-0.15, -0.1) is 0 Å². The van der Waals surface area contributed by atoms with Crippen LogP contribution in [-0.4, -0.2) is 26.5 Å². The molecule has 37 heavy (non-hydrogen) atoms. The number of H-pyrrole nitrogens is 1. The van der Waals surface area contributed by atoms with Crippen LogP contribution in [0.5, 0.6) is 5.75 Å². The van der Waals surface area contributed by atoms with Gasteiger partial charge < -0.3 is 21.2 Å². The molecule has 0 spiro atoms. The van der Waals surface area contributed by atoms with E-state index in [1.165, 1.54) is 12.4 Å². The topological polar surface area (TPSA) is 116 Å². The number of anilines is 2. The molecule has 1 unspecified atom stereocenters. The Labute approximate surface area is 212 Å². The van der Waals surface area contributed by atoms with Gasteiger partial charge in [0.2, 0.25) is 5.95 Å². The second kappa shape index (κ2) is 9.85. The first-order valence-electron chi connectivity index (χ1n) is 12.0. The molecule has 0 aliphatic rings. The van der Waals surface area contributed by atoms with E-state index in [0.29, 0.717) is 41.5 Å². The highest BCUT2D eigenvalue weighted by atomic mass is 19.1. The van der Waals surface area contributed by atoms with Crippen LogP contribution in [0.2, 0.25) is 0 Å². The standard InChI is InChI=1S/C28H26F2N6O/c1-3-15-10-20(25(29)23(11-15)37-4-2)24(21-13-16-12-17(31)7-8-18(16)27(32)35-21)28-34-14-22(36-28)19-6-5-9-33-26(19)30/h5-14,24H,3-4,31H2,1-2H3,(H2,32,35)(H,34,36). The number of nitrogens with one attached hydrogen (secondary N) is 1.